The topological polar surface area (TPSA) is 237 Å². The summed E-state index contributed by atoms with van der Waals surface area (Å²) in [5, 5.41) is 10.6. The number of aliphatic hydroxyl groups is 1. The second-order valence-corrected chi connectivity index (χ2v) is 28.8. The molecule has 0 heterocycles. The van der Waals surface area contributed by atoms with Crippen molar-refractivity contribution in [1.82, 2.24) is 0 Å². The van der Waals surface area contributed by atoms with E-state index in [1.165, 1.54) is 83.5 Å². The molecule has 0 aromatic rings. The Morgan fingerprint density at radius 1 is 0.296 bits per heavy atom. The third-order valence-electron chi connectivity index (χ3n) is 16.3. The summed E-state index contributed by atoms with van der Waals surface area (Å²) in [7, 11) is -9.95. The minimum Gasteiger partial charge on any atom is -0.462 e. The third-order valence-corrected chi connectivity index (χ3v) is 18.2. The van der Waals surface area contributed by atoms with Crippen molar-refractivity contribution in [3.05, 3.63) is 85.1 Å². The van der Waals surface area contributed by atoms with E-state index in [2.05, 4.69) is 113 Å². The van der Waals surface area contributed by atoms with Gasteiger partial charge in [0.1, 0.15) is 19.3 Å². The van der Waals surface area contributed by atoms with Gasteiger partial charge < -0.3 is 33.8 Å². The van der Waals surface area contributed by atoms with Gasteiger partial charge in [0.25, 0.3) is 0 Å². The summed E-state index contributed by atoms with van der Waals surface area (Å²) < 4.78 is 68.4. The largest absolute Gasteiger partial charge is 0.472 e. The lowest BCUT2D eigenvalue weighted by molar-refractivity contribution is -0.161. The number of allylic oxidation sites excluding steroid dienone is 14. The fourth-order valence-corrected chi connectivity index (χ4v) is 12.0. The zero-order valence-electron chi connectivity index (χ0n) is 62.0. The van der Waals surface area contributed by atoms with Crippen LogP contribution in [0.1, 0.15) is 336 Å². The van der Waals surface area contributed by atoms with Crippen LogP contribution in [0.2, 0.25) is 0 Å². The third kappa shape index (κ3) is 70.7. The van der Waals surface area contributed by atoms with Crippen LogP contribution in [-0.4, -0.2) is 96.7 Å². The number of rotatable bonds is 73. The second kappa shape index (κ2) is 71.6. The van der Waals surface area contributed by atoms with Crippen LogP contribution in [0.25, 0.3) is 0 Å². The average molecular weight is 1420 g/mol. The molecule has 98 heavy (non-hydrogen) atoms. The Labute approximate surface area is 595 Å². The number of unbranched alkanes of at least 4 members (excludes halogenated alkanes) is 33. The molecular formula is C79H140O17P2. The number of hydrogen-bond acceptors (Lipinski definition) is 15. The summed E-state index contributed by atoms with van der Waals surface area (Å²) in [5.41, 5.74) is 0. The first-order chi connectivity index (χ1) is 47.7. The molecule has 0 amide bonds. The number of carbonyl (C=O) groups is 4. The van der Waals surface area contributed by atoms with Crippen LogP contribution in [0.3, 0.4) is 0 Å². The maximum absolute atomic E-state index is 13.1. The predicted octanol–water partition coefficient (Wildman–Crippen LogP) is 22.2. The van der Waals surface area contributed by atoms with Gasteiger partial charge in [-0.25, -0.2) is 9.13 Å². The van der Waals surface area contributed by atoms with Gasteiger partial charge in [-0.05, 0) is 116 Å². The van der Waals surface area contributed by atoms with E-state index in [1.54, 1.807) is 0 Å². The van der Waals surface area contributed by atoms with Gasteiger partial charge in [-0.1, -0.05) is 280 Å². The van der Waals surface area contributed by atoms with Gasteiger partial charge in [-0.3, -0.25) is 37.3 Å². The number of aliphatic hydroxyl groups excluding tert-OH is 1. The number of phosphoric acid groups is 2. The Morgan fingerprint density at radius 2 is 0.541 bits per heavy atom. The smallest absolute Gasteiger partial charge is 0.462 e. The molecule has 0 aliphatic carbocycles. The zero-order valence-corrected chi connectivity index (χ0v) is 63.7. The summed E-state index contributed by atoms with van der Waals surface area (Å²) in [6.07, 6.45) is 72.8. The van der Waals surface area contributed by atoms with Crippen molar-refractivity contribution < 1.29 is 80.2 Å². The van der Waals surface area contributed by atoms with Crippen LogP contribution in [-0.2, 0) is 65.4 Å². The van der Waals surface area contributed by atoms with Crippen LogP contribution in [0.4, 0.5) is 0 Å². The lowest BCUT2D eigenvalue weighted by Gasteiger charge is -2.21. The molecule has 0 rings (SSSR count). The fraction of sp³-hybridized carbons (Fsp3) is 0.772. The van der Waals surface area contributed by atoms with Crippen molar-refractivity contribution in [2.45, 2.75) is 354 Å². The molecule has 5 unspecified atom stereocenters. The summed E-state index contributed by atoms with van der Waals surface area (Å²) in [5.74, 6) is -2.20. The molecule has 0 aliphatic rings. The lowest BCUT2D eigenvalue weighted by Crippen LogP contribution is -2.30. The van der Waals surface area contributed by atoms with E-state index in [4.69, 9.17) is 37.0 Å². The quantitative estimate of drug-likeness (QED) is 0.0169. The van der Waals surface area contributed by atoms with Crippen LogP contribution in [0.15, 0.2) is 85.1 Å². The Morgan fingerprint density at radius 3 is 0.878 bits per heavy atom. The molecule has 3 N–H and O–H groups in total. The first-order valence-corrected chi connectivity index (χ1v) is 41.8. The highest BCUT2D eigenvalue weighted by atomic mass is 31.2. The molecule has 0 saturated heterocycles. The number of esters is 4. The number of phosphoric ester groups is 2. The lowest BCUT2D eigenvalue weighted by atomic mass is 10.0. The van der Waals surface area contributed by atoms with E-state index >= 15 is 0 Å². The van der Waals surface area contributed by atoms with Gasteiger partial charge in [0.05, 0.1) is 26.4 Å². The van der Waals surface area contributed by atoms with E-state index in [9.17, 15) is 43.2 Å². The first kappa shape index (κ1) is 94.2. The Kier molecular flexibility index (Phi) is 68.9. The van der Waals surface area contributed by atoms with Crippen LogP contribution in [0, 0.1) is 0 Å². The van der Waals surface area contributed by atoms with Gasteiger partial charge in [-0.15, -0.1) is 0 Å². The van der Waals surface area contributed by atoms with Crippen molar-refractivity contribution in [3.8, 4) is 0 Å². The zero-order chi connectivity index (χ0) is 71.8. The molecule has 0 aliphatic heterocycles. The number of ether oxygens (including phenoxy) is 4. The molecule has 0 spiro atoms. The van der Waals surface area contributed by atoms with Crippen molar-refractivity contribution in [1.29, 1.82) is 0 Å². The SMILES string of the molecule is CC/C=C\C/C=C\C/C=C\CCCCCCCC(=O)OCC(COP(=O)(O)OCC(O)COP(=O)(O)OCC(COC(=O)CCCCCCCC/C=C\C/C=C\C/C=C\CCCCC)OC(=O)CCCCCCCCCCCCCCC)OC(=O)CCCCCCC/C=C\CCCC. The minimum absolute atomic E-state index is 0.0818. The van der Waals surface area contributed by atoms with Crippen LogP contribution >= 0.6 is 15.6 Å². The molecular weight excluding hydrogens is 1280 g/mol. The highest BCUT2D eigenvalue weighted by Gasteiger charge is 2.30. The molecule has 0 radical (unpaired) electrons. The van der Waals surface area contributed by atoms with Crippen LogP contribution < -0.4 is 0 Å². The molecule has 0 aromatic heterocycles. The number of hydrogen-bond donors (Lipinski definition) is 3. The van der Waals surface area contributed by atoms with Gasteiger partial charge in [0.15, 0.2) is 12.2 Å². The van der Waals surface area contributed by atoms with E-state index in [1.807, 2.05) is 0 Å². The summed E-state index contributed by atoms with van der Waals surface area (Å²) in [6, 6.07) is 0. The van der Waals surface area contributed by atoms with E-state index < -0.39 is 97.5 Å². The van der Waals surface area contributed by atoms with Crippen molar-refractivity contribution in [3.63, 3.8) is 0 Å². The van der Waals surface area contributed by atoms with Gasteiger partial charge >= 0.3 is 39.5 Å². The predicted molar refractivity (Wildman–Crippen MR) is 399 cm³/mol. The first-order valence-electron chi connectivity index (χ1n) is 38.8. The molecule has 0 fully saturated rings. The van der Waals surface area contributed by atoms with Crippen molar-refractivity contribution in [2.75, 3.05) is 39.6 Å². The summed E-state index contributed by atoms with van der Waals surface area (Å²) >= 11 is 0. The average Bonchev–Trinajstić information content (AvgIpc) is 1.94. The van der Waals surface area contributed by atoms with Crippen LogP contribution in [0.5, 0.6) is 0 Å². The summed E-state index contributed by atoms with van der Waals surface area (Å²) in [4.78, 5) is 72.8. The molecule has 568 valence electrons. The molecule has 19 heteroatoms. The Balaban J connectivity index is 5.31. The van der Waals surface area contributed by atoms with Crippen molar-refractivity contribution in [2.24, 2.45) is 0 Å². The van der Waals surface area contributed by atoms with Crippen molar-refractivity contribution >= 4 is 39.5 Å². The maximum Gasteiger partial charge on any atom is 0.472 e. The van der Waals surface area contributed by atoms with Gasteiger partial charge in [0, 0.05) is 25.7 Å². The molecule has 17 nitrogen and oxygen atoms in total. The maximum atomic E-state index is 13.1. The minimum atomic E-state index is -4.97. The molecule has 0 aromatic carbocycles. The van der Waals surface area contributed by atoms with E-state index in [-0.39, 0.29) is 25.7 Å². The Hall–Kier alpha value is -3.76. The molecule has 5 atom stereocenters. The highest BCUT2D eigenvalue weighted by molar-refractivity contribution is 7.47. The standard InChI is InChI=1S/C79H140O17P2/c1-5-9-13-17-21-25-29-32-34-35-36-37-39-42-45-48-52-56-60-64-77(82)90-70-75(96-79(84)66-62-58-54-50-46-40-31-27-23-19-15-11-7-3)72-94-98(87,88)92-68-73(80)67-91-97(85,86)93-71-74(95-78(83)65-61-57-53-49-43-28-24-20-16-12-8-4)69-89-76(81)63-59-55-51-47-44-41-38-33-30-26-22-18-14-10-6-2/h10,14,20-22,24-26,32-34,36-38,73-75,80H,5-9,11-13,15-19,23,27-31,35,39-72H2,1-4H3,(H,85,86)(H,87,88)/b14-10-,24-20-,25-21-,26-22-,34-32-,37-36-,38-33-. The highest BCUT2D eigenvalue weighted by Crippen LogP contribution is 2.45. The normalized spacial score (nSPS) is 14.4. The summed E-state index contributed by atoms with van der Waals surface area (Å²) in [6.45, 7) is 4.69. The fourth-order valence-electron chi connectivity index (χ4n) is 10.4. The van der Waals surface area contributed by atoms with Gasteiger partial charge in [-0.2, -0.15) is 0 Å². The molecule has 0 saturated carbocycles. The van der Waals surface area contributed by atoms with Gasteiger partial charge in [0.2, 0.25) is 0 Å². The molecule has 0 bridgehead atoms. The van der Waals surface area contributed by atoms with E-state index in [0.717, 1.165) is 173 Å². The number of carbonyl (C=O) groups excluding carboxylic acids is 4. The van der Waals surface area contributed by atoms with E-state index in [0.29, 0.717) is 25.7 Å². The second-order valence-electron chi connectivity index (χ2n) is 25.9. The monoisotopic (exact) mass is 1420 g/mol. The Bertz CT molecular complexity index is 2190.